The van der Waals surface area contributed by atoms with Crippen molar-refractivity contribution in [3.63, 3.8) is 0 Å². The summed E-state index contributed by atoms with van der Waals surface area (Å²) < 4.78 is 6.59. The van der Waals surface area contributed by atoms with Crippen LogP contribution in [0, 0.1) is 6.92 Å². The number of piperidine rings is 1. The van der Waals surface area contributed by atoms with Gasteiger partial charge in [-0.1, -0.05) is 15.9 Å². The van der Waals surface area contributed by atoms with Crippen molar-refractivity contribution in [2.45, 2.75) is 39.2 Å². The molecule has 6 heteroatoms. The van der Waals surface area contributed by atoms with Gasteiger partial charge in [0.05, 0.1) is 0 Å². The number of amides is 2. The molecule has 1 N–H and O–H groups in total. The van der Waals surface area contributed by atoms with E-state index < -0.39 is 6.04 Å². The maximum absolute atomic E-state index is 12.5. The third-order valence-electron chi connectivity index (χ3n) is 4.49. The minimum absolute atomic E-state index is 0.0282. The SMILES string of the molecule is Cc1c(C(=O)N[C@H](C)C(=O)N2CCCCC2)oc2cc(Br)ccc12. The fraction of sp³-hybridized carbons (Fsp3) is 0.444. The van der Waals surface area contributed by atoms with E-state index in [0.717, 1.165) is 47.8 Å². The molecule has 2 heterocycles. The van der Waals surface area contributed by atoms with Gasteiger partial charge in [0.15, 0.2) is 5.76 Å². The van der Waals surface area contributed by atoms with Crippen LogP contribution in [0.2, 0.25) is 0 Å². The summed E-state index contributed by atoms with van der Waals surface area (Å²) in [7, 11) is 0. The van der Waals surface area contributed by atoms with Crippen molar-refractivity contribution in [2.75, 3.05) is 13.1 Å². The maximum Gasteiger partial charge on any atom is 0.287 e. The number of nitrogens with zero attached hydrogens (tertiary/aromatic N) is 1. The fourth-order valence-electron chi connectivity index (χ4n) is 3.13. The number of likely N-dealkylation sites (tertiary alicyclic amines) is 1. The molecule has 2 amide bonds. The molecule has 128 valence electrons. The van der Waals surface area contributed by atoms with E-state index in [-0.39, 0.29) is 17.6 Å². The van der Waals surface area contributed by atoms with Crippen LogP contribution in [-0.2, 0) is 4.79 Å². The molecule has 1 saturated heterocycles. The van der Waals surface area contributed by atoms with Gasteiger partial charge in [-0.05, 0) is 51.3 Å². The number of hydrogen-bond donors (Lipinski definition) is 1. The minimum Gasteiger partial charge on any atom is -0.451 e. The molecule has 1 aliphatic rings. The summed E-state index contributed by atoms with van der Waals surface area (Å²) in [6.45, 7) is 5.13. The zero-order valence-electron chi connectivity index (χ0n) is 13.9. The Hall–Kier alpha value is -1.82. The molecular weight excluding hydrogens is 372 g/mol. The van der Waals surface area contributed by atoms with Gasteiger partial charge in [0, 0.05) is 28.5 Å². The van der Waals surface area contributed by atoms with E-state index in [1.807, 2.05) is 30.0 Å². The lowest BCUT2D eigenvalue weighted by atomic mass is 10.1. The molecule has 0 saturated carbocycles. The Morgan fingerprint density at radius 3 is 2.67 bits per heavy atom. The van der Waals surface area contributed by atoms with Gasteiger partial charge in [-0.2, -0.15) is 0 Å². The van der Waals surface area contributed by atoms with E-state index in [1.54, 1.807) is 6.92 Å². The van der Waals surface area contributed by atoms with E-state index >= 15 is 0 Å². The number of nitrogens with one attached hydrogen (secondary N) is 1. The lowest BCUT2D eigenvalue weighted by Gasteiger charge is -2.29. The first kappa shape index (κ1) is 17.0. The van der Waals surface area contributed by atoms with E-state index in [1.165, 1.54) is 0 Å². The standard InChI is InChI=1S/C18H21BrN2O3/c1-11-14-7-6-13(19)10-15(14)24-16(11)17(22)20-12(2)18(23)21-8-4-3-5-9-21/h6-7,10,12H,3-5,8-9H2,1-2H3,(H,20,22)/t12-/m1/s1. The van der Waals surface area contributed by atoms with Crippen LogP contribution in [0.25, 0.3) is 11.0 Å². The van der Waals surface area contributed by atoms with E-state index in [9.17, 15) is 9.59 Å². The molecular formula is C18H21BrN2O3. The highest BCUT2D eigenvalue weighted by molar-refractivity contribution is 9.10. The molecule has 1 atom stereocenters. The molecule has 0 aliphatic carbocycles. The Balaban J connectivity index is 1.74. The number of furan rings is 1. The molecule has 2 aromatic rings. The monoisotopic (exact) mass is 392 g/mol. The average Bonchev–Trinajstić information content (AvgIpc) is 2.91. The molecule has 0 radical (unpaired) electrons. The number of aryl methyl sites for hydroxylation is 1. The Kier molecular flexibility index (Phi) is 4.94. The van der Waals surface area contributed by atoms with Crippen LogP contribution in [-0.4, -0.2) is 35.8 Å². The molecule has 3 rings (SSSR count). The number of carbonyl (C=O) groups is 2. The smallest absolute Gasteiger partial charge is 0.287 e. The second-order valence-corrected chi connectivity index (χ2v) is 7.19. The molecule has 1 aromatic heterocycles. The summed E-state index contributed by atoms with van der Waals surface area (Å²) in [6.07, 6.45) is 3.23. The molecule has 0 spiro atoms. The zero-order valence-corrected chi connectivity index (χ0v) is 15.5. The molecule has 1 fully saturated rings. The lowest BCUT2D eigenvalue weighted by Crippen LogP contribution is -2.48. The summed E-state index contributed by atoms with van der Waals surface area (Å²) in [5.74, 6) is -0.112. The summed E-state index contributed by atoms with van der Waals surface area (Å²) in [4.78, 5) is 26.8. The molecule has 1 aromatic carbocycles. The van der Waals surface area contributed by atoms with Crippen LogP contribution in [0.3, 0.4) is 0 Å². The number of carbonyl (C=O) groups excluding carboxylic acids is 2. The fourth-order valence-corrected chi connectivity index (χ4v) is 3.47. The Morgan fingerprint density at radius 2 is 1.96 bits per heavy atom. The predicted octanol–water partition coefficient (Wildman–Crippen LogP) is 3.63. The van der Waals surface area contributed by atoms with E-state index in [0.29, 0.717) is 5.58 Å². The Labute approximate surface area is 149 Å². The van der Waals surface area contributed by atoms with E-state index in [4.69, 9.17) is 4.42 Å². The number of halogens is 1. The first-order chi connectivity index (χ1) is 11.5. The van der Waals surface area contributed by atoms with Crippen LogP contribution in [0.15, 0.2) is 27.1 Å². The van der Waals surface area contributed by atoms with Gasteiger partial charge in [0.1, 0.15) is 11.6 Å². The highest BCUT2D eigenvalue weighted by atomic mass is 79.9. The maximum atomic E-state index is 12.5. The van der Waals surface area contributed by atoms with Crippen molar-refractivity contribution in [2.24, 2.45) is 0 Å². The quantitative estimate of drug-likeness (QED) is 0.866. The van der Waals surface area contributed by atoms with Gasteiger partial charge in [0.2, 0.25) is 5.91 Å². The highest BCUT2D eigenvalue weighted by Crippen LogP contribution is 2.28. The molecule has 0 bridgehead atoms. The normalized spacial score (nSPS) is 16.2. The van der Waals surface area contributed by atoms with Gasteiger partial charge in [-0.25, -0.2) is 0 Å². The summed E-state index contributed by atoms with van der Waals surface area (Å²) in [5, 5.41) is 3.68. The second-order valence-electron chi connectivity index (χ2n) is 6.28. The predicted molar refractivity (Wildman–Crippen MR) is 96.0 cm³/mol. The van der Waals surface area contributed by atoms with Crippen molar-refractivity contribution in [1.82, 2.24) is 10.2 Å². The molecule has 1 aliphatic heterocycles. The first-order valence-electron chi connectivity index (χ1n) is 8.25. The van der Waals surface area contributed by atoms with Gasteiger partial charge >= 0.3 is 0 Å². The van der Waals surface area contributed by atoms with Crippen LogP contribution in [0.5, 0.6) is 0 Å². The van der Waals surface area contributed by atoms with Crippen LogP contribution < -0.4 is 5.32 Å². The number of hydrogen-bond acceptors (Lipinski definition) is 3. The highest BCUT2D eigenvalue weighted by Gasteiger charge is 2.26. The van der Waals surface area contributed by atoms with Crippen molar-refractivity contribution in [3.05, 3.63) is 34.0 Å². The van der Waals surface area contributed by atoms with Crippen molar-refractivity contribution >= 4 is 38.7 Å². The number of benzene rings is 1. The van der Waals surface area contributed by atoms with Crippen LogP contribution >= 0.6 is 15.9 Å². The topological polar surface area (TPSA) is 62.6 Å². The second kappa shape index (κ2) is 6.97. The number of fused-ring (bicyclic) bond motifs is 1. The lowest BCUT2D eigenvalue weighted by molar-refractivity contribution is -0.133. The van der Waals surface area contributed by atoms with Crippen molar-refractivity contribution < 1.29 is 14.0 Å². The molecule has 5 nitrogen and oxygen atoms in total. The van der Waals surface area contributed by atoms with E-state index in [2.05, 4.69) is 21.2 Å². The third kappa shape index (κ3) is 3.34. The first-order valence-corrected chi connectivity index (χ1v) is 9.05. The number of rotatable bonds is 3. The Morgan fingerprint density at radius 1 is 1.25 bits per heavy atom. The summed E-state index contributed by atoms with van der Waals surface area (Å²) >= 11 is 3.40. The largest absolute Gasteiger partial charge is 0.451 e. The Bertz CT molecular complexity index is 778. The summed E-state index contributed by atoms with van der Waals surface area (Å²) in [5.41, 5.74) is 1.44. The third-order valence-corrected chi connectivity index (χ3v) is 4.99. The van der Waals surface area contributed by atoms with Crippen LogP contribution in [0.4, 0.5) is 0 Å². The van der Waals surface area contributed by atoms with Gasteiger partial charge in [0.25, 0.3) is 5.91 Å². The van der Waals surface area contributed by atoms with Crippen molar-refractivity contribution in [1.29, 1.82) is 0 Å². The van der Waals surface area contributed by atoms with Gasteiger partial charge in [-0.15, -0.1) is 0 Å². The van der Waals surface area contributed by atoms with Crippen LogP contribution in [0.1, 0.15) is 42.3 Å². The zero-order chi connectivity index (χ0) is 17.3. The average molecular weight is 393 g/mol. The van der Waals surface area contributed by atoms with Gasteiger partial charge < -0.3 is 14.6 Å². The van der Waals surface area contributed by atoms with Crippen molar-refractivity contribution in [3.8, 4) is 0 Å². The van der Waals surface area contributed by atoms with Gasteiger partial charge in [-0.3, -0.25) is 9.59 Å². The summed E-state index contributed by atoms with van der Waals surface area (Å²) in [6, 6.07) is 5.10. The molecule has 24 heavy (non-hydrogen) atoms. The minimum atomic E-state index is -0.560. The molecule has 0 unspecified atom stereocenters.